The minimum absolute atomic E-state index is 0.0820. The maximum absolute atomic E-state index is 13.0. The van der Waals surface area contributed by atoms with Gasteiger partial charge < -0.3 is 4.90 Å². The van der Waals surface area contributed by atoms with Crippen molar-refractivity contribution < 1.29 is 4.79 Å². The number of benzene rings is 1. The van der Waals surface area contributed by atoms with Gasteiger partial charge in [0.05, 0.1) is 16.4 Å². The molecule has 1 amide bonds. The molecule has 0 radical (unpaired) electrons. The molecule has 0 bridgehead atoms. The molecule has 1 aromatic heterocycles. The number of carbonyl (C=O) groups excluding carboxylic acids is 1. The Morgan fingerprint density at radius 2 is 1.70 bits per heavy atom. The largest absolute Gasteiger partial charge is 0.355 e. The molecule has 2 heterocycles. The molecule has 1 aromatic carbocycles. The third-order valence-corrected chi connectivity index (χ3v) is 5.89. The van der Waals surface area contributed by atoms with Gasteiger partial charge in [-0.2, -0.15) is 0 Å². The van der Waals surface area contributed by atoms with Crippen LogP contribution in [0.5, 0.6) is 0 Å². The number of hydrogen-bond donors (Lipinski definition) is 0. The lowest BCUT2D eigenvalue weighted by atomic mass is 10.1. The molecule has 2 aromatic rings. The molecule has 0 N–H and O–H groups in total. The second-order valence-electron chi connectivity index (χ2n) is 6.45. The lowest BCUT2D eigenvalue weighted by molar-refractivity contribution is -0.123. The number of anilines is 2. The minimum atomic E-state index is -0.988. The molecule has 23 heavy (non-hydrogen) atoms. The van der Waals surface area contributed by atoms with Gasteiger partial charge in [-0.25, -0.2) is 9.97 Å². The van der Waals surface area contributed by atoms with Crippen LogP contribution in [0, 0.1) is 5.41 Å². The quantitative estimate of drug-likeness (QED) is 0.741. The van der Waals surface area contributed by atoms with Crippen LogP contribution in [0.4, 0.5) is 11.6 Å². The van der Waals surface area contributed by atoms with Crippen molar-refractivity contribution in [3.05, 3.63) is 24.3 Å². The Hall–Kier alpha value is -1.59. The summed E-state index contributed by atoms with van der Waals surface area (Å²) in [4.78, 5) is 26.0. The molecule has 0 saturated heterocycles. The third-order valence-electron chi connectivity index (χ3n) is 4.79. The number of likely N-dealkylation sites (N-methyl/N-ethyl adjacent to an activating group) is 1. The molecular weight excluding hydrogens is 335 g/mol. The van der Waals surface area contributed by atoms with Crippen LogP contribution in [0.3, 0.4) is 0 Å². The molecule has 1 aliphatic heterocycles. The van der Waals surface area contributed by atoms with Crippen molar-refractivity contribution in [3.8, 4) is 0 Å². The van der Waals surface area contributed by atoms with Crippen LogP contribution in [0.15, 0.2) is 24.3 Å². The predicted octanol–water partition coefficient (Wildman–Crippen LogP) is 3.00. The summed E-state index contributed by atoms with van der Waals surface area (Å²) in [6.07, 6.45) is 0.463. The fraction of sp³-hybridized carbons (Fsp3) is 0.438. The van der Waals surface area contributed by atoms with Crippen LogP contribution in [0.2, 0.25) is 0 Å². The highest BCUT2D eigenvalue weighted by Gasteiger charge is 2.69. The van der Waals surface area contributed by atoms with Crippen molar-refractivity contribution in [2.24, 2.45) is 5.41 Å². The number of carbonyl (C=O) groups is 1. The van der Waals surface area contributed by atoms with Crippen molar-refractivity contribution in [3.63, 3.8) is 0 Å². The van der Waals surface area contributed by atoms with E-state index in [1.54, 1.807) is 4.90 Å². The fourth-order valence-electron chi connectivity index (χ4n) is 3.01. The molecule has 1 atom stereocenters. The topological polar surface area (TPSA) is 49.3 Å². The summed E-state index contributed by atoms with van der Waals surface area (Å²) in [6, 6.07) is 7.65. The SMILES string of the molecule is CN1CCN(C(=O)[C@@]2(C)CC2(Cl)Cl)c2nc3ccccc3nc21. The van der Waals surface area contributed by atoms with Gasteiger partial charge in [-0.15, -0.1) is 23.2 Å². The van der Waals surface area contributed by atoms with E-state index in [9.17, 15) is 4.79 Å². The molecule has 4 rings (SSSR count). The van der Waals surface area contributed by atoms with Gasteiger partial charge in [0.2, 0.25) is 5.91 Å². The Balaban J connectivity index is 1.82. The van der Waals surface area contributed by atoms with E-state index in [-0.39, 0.29) is 5.91 Å². The van der Waals surface area contributed by atoms with Crippen LogP contribution < -0.4 is 9.80 Å². The number of halogens is 2. The lowest BCUT2D eigenvalue weighted by Crippen LogP contribution is -2.47. The van der Waals surface area contributed by atoms with Crippen molar-refractivity contribution in [2.75, 3.05) is 29.9 Å². The Morgan fingerprint density at radius 1 is 1.13 bits per heavy atom. The molecule has 1 fully saturated rings. The summed E-state index contributed by atoms with van der Waals surface area (Å²) in [5, 5.41) is 0. The standard InChI is InChI=1S/C16H16Cl2N4O/c1-15(9-16(15,17)18)14(23)22-8-7-21(2)12-13(22)20-11-6-4-3-5-10(11)19-12/h3-6H,7-9H2,1-2H3/t15-/m1/s1. The maximum atomic E-state index is 13.0. The van der Waals surface area contributed by atoms with E-state index in [4.69, 9.17) is 23.2 Å². The molecular formula is C16H16Cl2N4O. The average molecular weight is 351 g/mol. The number of para-hydroxylation sites is 2. The first-order chi connectivity index (χ1) is 10.8. The zero-order valence-corrected chi connectivity index (χ0v) is 14.4. The first-order valence-electron chi connectivity index (χ1n) is 7.51. The minimum Gasteiger partial charge on any atom is -0.355 e. The zero-order valence-electron chi connectivity index (χ0n) is 12.9. The van der Waals surface area contributed by atoms with E-state index in [1.807, 2.05) is 43.1 Å². The Labute approximate surface area is 144 Å². The molecule has 1 saturated carbocycles. The molecule has 120 valence electrons. The van der Waals surface area contributed by atoms with Crippen LogP contribution in [-0.4, -0.2) is 40.3 Å². The van der Waals surface area contributed by atoms with E-state index in [2.05, 4.69) is 9.97 Å². The normalized spacial score (nSPS) is 25.4. The van der Waals surface area contributed by atoms with Crippen molar-refractivity contribution >= 4 is 51.8 Å². The van der Waals surface area contributed by atoms with Crippen molar-refractivity contribution in [1.82, 2.24) is 9.97 Å². The lowest BCUT2D eigenvalue weighted by Gasteiger charge is -2.35. The summed E-state index contributed by atoms with van der Waals surface area (Å²) in [6.45, 7) is 3.05. The number of amides is 1. The van der Waals surface area contributed by atoms with Crippen molar-refractivity contribution in [1.29, 1.82) is 0 Å². The van der Waals surface area contributed by atoms with Crippen LogP contribution in [0.1, 0.15) is 13.3 Å². The summed E-state index contributed by atoms with van der Waals surface area (Å²) in [7, 11) is 1.95. The highest BCUT2D eigenvalue weighted by molar-refractivity contribution is 6.53. The third kappa shape index (κ3) is 2.10. The van der Waals surface area contributed by atoms with E-state index in [0.29, 0.717) is 31.1 Å². The van der Waals surface area contributed by atoms with Gasteiger partial charge in [0.15, 0.2) is 11.6 Å². The van der Waals surface area contributed by atoms with E-state index < -0.39 is 9.75 Å². The number of rotatable bonds is 1. The second-order valence-corrected chi connectivity index (χ2v) is 7.94. The summed E-state index contributed by atoms with van der Waals surface area (Å²) < 4.78 is -0.988. The van der Waals surface area contributed by atoms with Gasteiger partial charge >= 0.3 is 0 Å². The van der Waals surface area contributed by atoms with E-state index >= 15 is 0 Å². The van der Waals surface area contributed by atoms with Gasteiger partial charge in [-0.3, -0.25) is 9.69 Å². The Bertz CT molecular complexity index is 825. The second kappa shape index (κ2) is 4.71. The maximum Gasteiger partial charge on any atom is 0.237 e. The first-order valence-corrected chi connectivity index (χ1v) is 8.27. The molecule has 0 spiro atoms. The Morgan fingerprint density at radius 3 is 2.26 bits per heavy atom. The van der Waals surface area contributed by atoms with E-state index in [0.717, 1.165) is 11.0 Å². The molecule has 2 aliphatic rings. The first kappa shape index (κ1) is 15.0. The Kier molecular flexibility index (Phi) is 3.06. The van der Waals surface area contributed by atoms with Gasteiger partial charge in [0.1, 0.15) is 4.33 Å². The van der Waals surface area contributed by atoms with Crippen molar-refractivity contribution in [2.45, 2.75) is 17.7 Å². The monoisotopic (exact) mass is 350 g/mol. The highest BCUT2D eigenvalue weighted by atomic mass is 35.5. The van der Waals surface area contributed by atoms with Crippen LogP contribution in [0.25, 0.3) is 11.0 Å². The number of alkyl halides is 2. The molecule has 7 heteroatoms. The van der Waals surface area contributed by atoms with Gasteiger partial charge in [-0.1, -0.05) is 12.1 Å². The molecule has 1 aliphatic carbocycles. The molecule has 5 nitrogen and oxygen atoms in total. The fourth-order valence-corrected chi connectivity index (χ4v) is 3.70. The predicted molar refractivity (Wildman–Crippen MR) is 92.3 cm³/mol. The summed E-state index contributed by atoms with van der Waals surface area (Å²) in [5.41, 5.74) is 0.828. The van der Waals surface area contributed by atoms with Gasteiger partial charge in [-0.05, 0) is 25.5 Å². The average Bonchev–Trinajstić information content (AvgIpc) is 3.05. The number of hydrogen-bond acceptors (Lipinski definition) is 4. The number of fused-ring (bicyclic) bond motifs is 2. The molecule has 0 unspecified atom stereocenters. The van der Waals surface area contributed by atoms with Gasteiger partial charge in [0, 0.05) is 20.1 Å². The summed E-state index contributed by atoms with van der Waals surface area (Å²) in [5.74, 6) is 1.21. The van der Waals surface area contributed by atoms with Crippen LogP contribution in [-0.2, 0) is 4.79 Å². The summed E-state index contributed by atoms with van der Waals surface area (Å²) >= 11 is 12.4. The zero-order chi connectivity index (χ0) is 16.4. The highest BCUT2D eigenvalue weighted by Crippen LogP contribution is 2.64. The number of nitrogens with zero attached hydrogens (tertiary/aromatic N) is 4. The van der Waals surface area contributed by atoms with E-state index in [1.165, 1.54) is 0 Å². The van der Waals surface area contributed by atoms with Gasteiger partial charge in [0.25, 0.3) is 0 Å². The van der Waals surface area contributed by atoms with Crippen LogP contribution >= 0.6 is 23.2 Å². The smallest absolute Gasteiger partial charge is 0.237 e. The number of aromatic nitrogens is 2.